The summed E-state index contributed by atoms with van der Waals surface area (Å²) < 4.78 is 27.9. The molecule has 1 fully saturated rings. The monoisotopic (exact) mass is 422 g/mol. The molecule has 27 heavy (non-hydrogen) atoms. The van der Waals surface area contributed by atoms with Gasteiger partial charge in [-0.15, -0.1) is 11.3 Å². The van der Waals surface area contributed by atoms with Crippen LogP contribution in [0.25, 0.3) is 10.9 Å². The number of nitrogens with zero attached hydrogens (tertiary/aromatic N) is 3. The zero-order valence-corrected chi connectivity index (χ0v) is 17.2. The van der Waals surface area contributed by atoms with Crippen LogP contribution in [0.5, 0.6) is 0 Å². The van der Waals surface area contributed by atoms with Crippen LogP contribution in [-0.2, 0) is 16.6 Å². The second kappa shape index (κ2) is 7.35. The molecule has 0 aliphatic carbocycles. The molecular formula is C18H19ClN4O2S2. The van der Waals surface area contributed by atoms with Gasteiger partial charge in [0.1, 0.15) is 15.9 Å². The zero-order valence-electron chi connectivity index (χ0n) is 14.8. The van der Waals surface area contributed by atoms with E-state index >= 15 is 0 Å². The van der Waals surface area contributed by atoms with Crippen molar-refractivity contribution >= 4 is 49.7 Å². The number of hydrogen-bond donors (Lipinski definition) is 1. The summed E-state index contributed by atoms with van der Waals surface area (Å²) in [4.78, 5) is 12.3. The van der Waals surface area contributed by atoms with Crippen molar-refractivity contribution in [1.29, 1.82) is 0 Å². The molecule has 0 amide bonds. The van der Waals surface area contributed by atoms with Crippen molar-refractivity contribution in [1.82, 2.24) is 14.7 Å². The van der Waals surface area contributed by atoms with Gasteiger partial charge in [-0.1, -0.05) is 11.6 Å². The highest BCUT2D eigenvalue weighted by atomic mass is 35.5. The molecule has 1 N–H and O–H groups in total. The summed E-state index contributed by atoms with van der Waals surface area (Å²) in [5, 5.41) is 1.53. The fourth-order valence-electron chi connectivity index (χ4n) is 3.17. The van der Waals surface area contributed by atoms with Gasteiger partial charge in [-0.05, 0) is 50.1 Å². The molecule has 0 atom stereocenters. The number of sulfonamides is 1. The Morgan fingerprint density at radius 1 is 1.19 bits per heavy atom. The molecule has 0 unspecified atom stereocenters. The molecule has 6 nitrogen and oxygen atoms in total. The smallest absolute Gasteiger partial charge is 0.250 e. The predicted molar refractivity (Wildman–Crippen MR) is 109 cm³/mol. The highest BCUT2D eigenvalue weighted by Gasteiger charge is 2.20. The van der Waals surface area contributed by atoms with E-state index in [0.717, 1.165) is 47.5 Å². The summed E-state index contributed by atoms with van der Waals surface area (Å²) in [6.45, 7) is 3.78. The number of aromatic nitrogens is 2. The van der Waals surface area contributed by atoms with Gasteiger partial charge in [0, 0.05) is 28.4 Å². The van der Waals surface area contributed by atoms with Gasteiger partial charge in [-0.3, -0.25) is 0 Å². The fraction of sp³-hybridized carbons (Fsp3) is 0.333. The van der Waals surface area contributed by atoms with E-state index in [1.807, 2.05) is 19.1 Å². The summed E-state index contributed by atoms with van der Waals surface area (Å²) in [5.41, 5.74) is 0.762. The van der Waals surface area contributed by atoms with Crippen LogP contribution in [0.1, 0.15) is 23.5 Å². The molecule has 1 aromatic carbocycles. The Labute approximate surface area is 167 Å². The third kappa shape index (κ3) is 3.94. The Hall–Kier alpha value is -1.74. The SMILES string of the molecule is Cc1ccc(S(=O)(=O)NCc2nc(N3CCCC3)c3cc(Cl)ccc3n2)s1. The highest BCUT2D eigenvalue weighted by Crippen LogP contribution is 2.29. The van der Waals surface area contributed by atoms with Crippen LogP contribution in [0.15, 0.2) is 34.5 Å². The maximum atomic E-state index is 12.5. The largest absolute Gasteiger partial charge is 0.356 e. The molecule has 0 saturated carbocycles. The lowest BCUT2D eigenvalue weighted by atomic mass is 10.2. The minimum Gasteiger partial charge on any atom is -0.356 e. The van der Waals surface area contributed by atoms with Crippen LogP contribution in [0.3, 0.4) is 0 Å². The van der Waals surface area contributed by atoms with Crippen molar-refractivity contribution in [3.63, 3.8) is 0 Å². The lowest BCUT2D eigenvalue weighted by Crippen LogP contribution is -2.25. The van der Waals surface area contributed by atoms with Gasteiger partial charge in [-0.2, -0.15) is 0 Å². The van der Waals surface area contributed by atoms with Gasteiger partial charge >= 0.3 is 0 Å². The maximum Gasteiger partial charge on any atom is 0.250 e. The van der Waals surface area contributed by atoms with Crippen molar-refractivity contribution in [2.45, 2.75) is 30.5 Å². The minimum absolute atomic E-state index is 0.0404. The average Bonchev–Trinajstić information content (AvgIpc) is 3.31. The van der Waals surface area contributed by atoms with Gasteiger partial charge in [0.2, 0.25) is 10.0 Å². The molecule has 4 rings (SSSR count). The summed E-state index contributed by atoms with van der Waals surface area (Å²) in [5.74, 6) is 1.27. The van der Waals surface area contributed by atoms with E-state index in [4.69, 9.17) is 11.6 Å². The zero-order chi connectivity index (χ0) is 19.0. The summed E-state index contributed by atoms with van der Waals surface area (Å²) >= 11 is 7.41. The van der Waals surface area contributed by atoms with Crippen LogP contribution >= 0.6 is 22.9 Å². The number of hydrogen-bond acceptors (Lipinski definition) is 6. The molecule has 0 radical (unpaired) electrons. The van der Waals surface area contributed by atoms with Gasteiger partial charge in [-0.25, -0.2) is 23.1 Å². The second-order valence-electron chi connectivity index (χ2n) is 6.51. The number of anilines is 1. The first-order chi connectivity index (χ1) is 12.9. The number of nitrogens with one attached hydrogen (secondary N) is 1. The number of rotatable bonds is 5. The van der Waals surface area contributed by atoms with Gasteiger partial charge in [0.05, 0.1) is 12.1 Å². The van der Waals surface area contributed by atoms with Gasteiger partial charge in [0.25, 0.3) is 0 Å². The molecular weight excluding hydrogens is 404 g/mol. The van der Waals surface area contributed by atoms with E-state index in [0.29, 0.717) is 15.1 Å². The second-order valence-corrected chi connectivity index (χ2v) is 10.2. The molecule has 142 valence electrons. The lowest BCUT2D eigenvalue weighted by Gasteiger charge is -2.19. The standard InChI is InChI=1S/C18H19ClN4O2S2/c1-12-4-7-17(26-12)27(24,25)20-11-16-21-15-6-5-13(19)10-14(15)18(22-16)23-8-2-3-9-23/h4-7,10,20H,2-3,8-9,11H2,1H3. The van der Waals surface area contributed by atoms with E-state index in [9.17, 15) is 8.42 Å². The molecule has 3 heterocycles. The number of benzene rings is 1. The third-order valence-electron chi connectivity index (χ3n) is 4.49. The summed E-state index contributed by atoms with van der Waals surface area (Å²) in [7, 11) is -3.58. The Bertz CT molecular complexity index is 1090. The topological polar surface area (TPSA) is 75.2 Å². The first kappa shape index (κ1) is 18.6. The number of fused-ring (bicyclic) bond motifs is 1. The molecule has 1 aliphatic rings. The molecule has 3 aromatic rings. The van der Waals surface area contributed by atoms with Crippen molar-refractivity contribution in [3.8, 4) is 0 Å². The highest BCUT2D eigenvalue weighted by molar-refractivity contribution is 7.91. The van der Waals surface area contributed by atoms with E-state index in [1.165, 1.54) is 11.3 Å². The maximum absolute atomic E-state index is 12.5. The predicted octanol–water partition coefficient (Wildman–Crippen LogP) is 3.73. The Morgan fingerprint density at radius 3 is 2.67 bits per heavy atom. The molecule has 1 aliphatic heterocycles. The summed E-state index contributed by atoms with van der Waals surface area (Å²) in [6.07, 6.45) is 2.23. The number of halogens is 1. The van der Waals surface area contributed by atoms with Crippen molar-refractivity contribution in [3.05, 3.63) is 46.1 Å². The number of aryl methyl sites for hydroxylation is 1. The molecule has 0 spiro atoms. The van der Waals surface area contributed by atoms with Crippen LogP contribution in [0.4, 0.5) is 5.82 Å². The van der Waals surface area contributed by atoms with E-state index in [2.05, 4.69) is 19.6 Å². The van der Waals surface area contributed by atoms with E-state index < -0.39 is 10.0 Å². The van der Waals surface area contributed by atoms with Crippen molar-refractivity contribution in [2.24, 2.45) is 0 Å². The third-order valence-corrected chi connectivity index (χ3v) is 7.62. The van der Waals surface area contributed by atoms with Crippen molar-refractivity contribution in [2.75, 3.05) is 18.0 Å². The van der Waals surface area contributed by atoms with E-state index in [-0.39, 0.29) is 6.54 Å². The minimum atomic E-state index is -3.58. The Morgan fingerprint density at radius 2 is 1.96 bits per heavy atom. The van der Waals surface area contributed by atoms with Gasteiger partial charge in [0.15, 0.2) is 0 Å². The summed E-state index contributed by atoms with van der Waals surface area (Å²) in [6, 6.07) is 8.90. The van der Waals surface area contributed by atoms with Gasteiger partial charge < -0.3 is 4.90 Å². The molecule has 0 bridgehead atoms. The van der Waals surface area contributed by atoms with Crippen molar-refractivity contribution < 1.29 is 8.42 Å². The normalized spacial score (nSPS) is 15.0. The molecule has 2 aromatic heterocycles. The van der Waals surface area contributed by atoms with E-state index in [1.54, 1.807) is 18.2 Å². The Balaban J connectivity index is 1.66. The quantitative estimate of drug-likeness (QED) is 0.678. The first-order valence-electron chi connectivity index (χ1n) is 8.70. The average molecular weight is 423 g/mol. The Kier molecular flexibility index (Phi) is 5.07. The van der Waals surface area contributed by atoms with Crippen LogP contribution in [0.2, 0.25) is 5.02 Å². The first-order valence-corrected chi connectivity index (χ1v) is 11.4. The molecule has 9 heteroatoms. The van der Waals surface area contributed by atoms with Crippen LogP contribution in [-0.4, -0.2) is 31.5 Å². The molecule has 1 saturated heterocycles. The van der Waals surface area contributed by atoms with Crippen LogP contribution in [0, 0.1) is 6.92 Å². The lowest BCUT2D eigenvalue weighted by molar-refractivity contribution is 0.581. The number of thiophene rings is 1. The fourth-order valence-corrected chi connectivity index (χ4v) is 5.65. The van der Waals surface area contributed by atoms with Crippen LogP contribution < -0.4 is 9.62 Å².